The Kier molecular flexibility index (Phi) is 5.10. The van der Waals surface area contributed by atoms with Gasteiger partial charge >= 0.3 is 0 Å². The molecule has 1 aromatic heterocycles. The standard InChI is InChI=1S/C15H19F2N3O2/c1-9-12(15(22-3)20(2)19-9)7-18-8-14(21)11-5-4-10(16)6-13(11)17/h4-6,14,18,21H,7-8H2,1-3H3. The van der Waals surface area contributed by atoms with Gasteiger partial charge in [0.15, 0.2) is 0 Å². The van der Waals surface area contributed by atoms with E-state index < -0.39 is 17.7 Å². The molecule has 22 heavy (non-hydrogen) atoms. The van der Waals surface area contributed by atoms with Crippen molar-refractivity contribution in [3.63, 3.8) is 0 Å². The minimum absolute atomic E-state index is 0.0590. The summed E-state index contributed by atoms with van der Waals surface area (Å²) in [5, 5.41) is 17.3. The van der Waals surface area contributed by atoms with Crippen LogP contribution in [0.4, 0.5) is 8.78 Å². The molecule has 0 fully saturated rings. The normalized spacial score (nSPS) is 12.5. The Labute approximate surface area is 127 Å². The first-order valence-electron chi connectivity index (χ1n) is 6.84. The van der Waals surface area contributed by atoms with Crippen LogP contribution in [0, 0.1) is 18.6 Å². The Bertz CT molecular complexity index is 658. The lowest BCUT2D eigenvalue weighted by Crippen LogP contribution is -2.22. The Balaban J connectivity index is 1.99. The molecule has 0 aliphatic rings. The quantitative estimate of drug-likeness (QED) is 0.854. The van der Waals surface area contributed by atoms with Gasteiger partial charge in [-0.1, -0.05) is 6.07 Å². The second kappa shape index (κ2) is 6.85. The molecule has 1 heterocycles. The fourth-order valence-corrected chi connectivity index (χ4v) is 2.36. The maximum atomic E-state index is 13.6. The molecule has 0 bridgehead atoms. The van der Waals surface area contributed by atoms with Gasteiger partial charge in [0.1, 0.15) is 11.6 Å². The third-order valence-electron chi connectivity index (χ3n) is 3.44. The molecular weight excluding hydrogens is 292 g/mol. The Morgan fingerprint density at radius 2 is 2.14 bits per heavy atom. The van der Waals surface area contributed by atoms with Crippen LogP contribution in [-0.2, 0) is 13.6 Å². The van der Waals surface area contributed by atoms with Crippen LogP contribution in [0.15, 0.2) is 18.2 Å². The molecule has 0 saturated heterocycles. The number of halogens is 2. The van der Waals surface area contributed by atoms with Crippen molar-refractivity contribution in [3.05, 3.63) is 46.7 Å². The predicted molar refractivity (Wildman–Crippen MR) is 77.5 cm³/mol. The molecule has 2 aromatic rings. The van der Waals surface area contributed by atoms with E-state index in [-0.39, 0.29) is 12.1 Å². The van der Waals surface area contributed by atoms with Gasteiger partial charge in [0.05, 0.1) is 24.5 Å². The highest BCUT2D eigenvalue weighted by Crippen LogP contribution is 2.21. The number of benzene rings is 1. The number of hydrogen-bond donors (Lipinski definition) is 2. The van der Waals surface area contributed by atoms with Gasteiger partial charge in [0.2, 0.25) is 5.88 Å². The number of aliphatic hydroxyl groups is 1. The molecule has 1 aromatic carbocycles. The lowest BCUT2D eigenvalue weighted by Gasteiger charge is -2.13. The van der Waals surface area contributed by atoms with E-state index >= 15 is 0 Å². The van der Waals surface area contributed by atoms with Crippen molar-refractivity contribution in [2.45, 2.75) is 19.6 Å². The number of rotatable bonds is 6. The van der Waals surface area contributed by atoms with Gasteiger partial charge in [-0.2, -0.15) is 5.10 Å². The fourth-order valence-electron chi connectivity index (χ4n) is 2.36. The summed E-state index contributed by atoms with van der Waals surface area (Å²) in [5.74, 6) is -0.797. The van der Waals surface area contributed by atoms with E-state index in [1.165, 1.54) is 6.07 Å². The van der Waals surface area contributed by atoms with Crippen molar-refractivity contribution in [2.24, 2.45) is 7.05 Å². The van der Waals surface area contributed by atoms with E-state index in [0.29, 0.717) is 12.4 Å². The monoisotopic (exact) mass is 311 g/mol. The smallest absolute Gasteiger partial charge is 0.216 e. The number of ether oxygens (including phenoxy) is 1. The number of methoxy groups -OCH3 is 1. The van der Waals surface area contributed by atoms with Gasteiger partial charge in [-0.05, 0) is 13.0 Å². The Hall–Kier alpha value is -1.99. The molecule has 7 heteroatoms. The van der Waals surface area contributed by atoms with E-state index in [2.05, 4.69) is 10.4 Å². The first kappa shape index (κ1) is 16.4. The summed E-state index contributed by atoms with van der Waals surface area (Å²) in [5.41, 5.74) is 1.75. The lowest BCUT2D eigenvalue weighted by molar-refractivity contribution is 0.169. The topological polar surface area (TPSA) is 59.3 Å². The van der Waals surface area contributed by atoms with E-state index in [9.17, 15) is 13.9 Å². The number of aryl methyl sites for hydroxylation is 2. The summed E-state index contributed by atoms with van der Waals surface area (Å²) in [7, 11) is 3.33. The number of nitrogens with zero attached hydrogens (tertiary/aromatic N) is 2. The van der Waals surface area contributed by atoms with Gasteiger partial charge in [-0.25, -0.2) is 13.5 Å². The van der Waals surface area contributed by atoms with E-state index in [0.717, 1.165) is 23.4 Å². The van der Waals surface area contributed by atoms with Crippen LogP contribution in [0.2, 0.25) is 0 Å². The molecule has 1 atom stereocenters. The molecule has 0 aliphatic carbocycles. The van der Waals surface area contributed by atoms with Crippen LogP contribution in [-0.4, -0.2) is 28.5 Å². The highest BCUT2D eigenvalue weighted by molar-refractivity contribution is 5.30. The van der Waals surface area contributed by atoms with Crippen LogP contribution in [0.25, 0.3) is 0 Å². The van der Waals surface area contributed by atoms with Gasteiger partial charge < -0.3 is 15.2 Å². The summed E-state index contributed by atoms with van der Waals surface area (Å²) in [6.45, 7) is 2.40. The minimum Gasteiger partial charge on any atom is -0.481 e. The molecule has 1 unspecified atom stereocenters. The molecule has 0 spiro atoms. The van der Waals surface area contributed by atoms with Crippen LogP contribution < -0.4 is 10.1 Å². The predicted octanol–water partition coefficient (Wildman–Crippen LogP) is 1.84. The number of aliphatic hydroxyl groups excluding tert-OH is 1. The molecule has 0 radical (unpaired) electrons. The van der Waals surface area contributed by atoms with Gasteiger partial charge in [0, 0.05) is 31.8 Å². The van der Waals surface area contributed by atoms with E-state index in [1.54, 1.807) is 18.8 Å². The van der Waals surface area contributed by atoms with E-state index in [4.69, 9.17) is 4.74 Å². The highest BCUT2D eigenvalue weighted by Gasteiger charge is 2.16. The van der Waals surface area contributed by atoms with Crippen molar-refractivity contribution < 1.29 is 18.6 Å². The van der Waals surface area contributed by atoms with Gasteiger partial charge in [0.25, 0.3) is 0 Å². The van der Waals surface area contributed by atoms with E-state index in [1.807, 2.05) is 6.92 Å². The summed E-state index contributed by atoms with van der Waals surface area (Å²) in [6.07, 6.45) is -1.07. The highest BCUT2D eigenvalue weighted by atomic mass is 19.1. The Morgan fingerprint density at radius 1 is 1.41 bits per heavy atom. The lowest BCUT2D eigenvalue weighted by atomic mass is 10.1. The van der Waals surface area contributed by atoms with Crippen LogP contribution in [0.5, 0.6) is 5.88 Å². The number of aromatic nitrogens is 2. The van der Waals surface area contributed by atoms with Gasteiger partial charge in [-0.15, -0.1) is 0 Å². The Morgan fingerprint density at radius 3 is 2.77 bits per heavy atom. The second-order valence-corrected chi connectivity index (χ2v) is 5.01. The second-order valence-electron chi connectivity index (χ2n) is 5.01. The van der Waals surface area contributed by atoms with Crippen molar-refractivity contribution in [2.75, 3.05) is 13.7 Å². The summed E-state index contributed by atoms with van der Waals surface area (Å²) >= 11 is 0. The molecule has 5 nitrogen and oxygen atoms in total. The maximum Gasteiger partial charge on any atom is 0.216 e. The van der Waals surface area contributed by atoms with Crippen LogP contribution in [0.1, 0.15) is 22.9 Å². The van der Waals surface area contributed by atoms with Crippen LogP contribution in [0.3, 0.4) is 0 Å². The summed E-state index contributed by atoms with van der Waals surface area (Å²) < 4.78 is 33.3. The number of nitrogens with one attached hydrogen (secondary N) is 1. The summed E-state index contributed by atoms with van der Waals surface area (Å²) in [6, 6.07) is 3.12. The molecular formula is C15H19F2N3O2. The van der Waals surface area contributed by atoms with Crippen molar-refractivity contribution in [3.8, 4) is 5.88 Å². The average molecular weight is 311 g/mol. The molecule has 2 rings (SSSR count). The third kappa shape index (κ3) is 3.42. The fraction of sp³-hybridized carbons (Fsp3) is 0.400. The molecule has 2 N–H and O–H groups in total. The number of hydrogen-bond acceptors (Lipinski definition) is 4. The van der Waals surface area contributed by atoms with Gasteiger partial charge in [-0.3, -0.25) is 0 Å². The van der Waals surface area contributed by atoms with Crippen LogP contribution >= 0.6 is 0 Å². The van der Waals surface area contributed by atoms with Crippen molar-refractivity contribution in [1.29, 1.82) is 0 Å². The third-order valence-corrected chi connectivity index (χ3v) is 3.44. The molecule has 120 valence electrons. The zero-order valence-electron chi connectivity index (χ0n) is 12.7. The first-order chi connectivity index (χ1) is 10.4. The molecule has 0 saturated carbocycles. The zero-order chi connectivity index (χ0) is 16.3. The molecule has 0 amide bonds. The molecule has 0 aliphatic heterocycles. The maximum absolute atomic E-state index is 13.6. The van der Waals surface area contributed by atoms with Crippen molar-refractivity contribution >= 4 is 0 Å². The zero-order valence-corrected chi connectivity index (χ0v) is 12.7. The SMILES string of the molecule is COc1c(CNCC(O)c2ccc(F)cc2F)c(C)nn1C. The largest absolute Gasteiger partial charge is 0.481 e. The minimum atomic E-state index is -1.07. The first-order valence-corrected chi connectivity index (χ1v) is 6.84. The summed E-state index contributed by atoms with van der Waals surface area (Å²) in [4.78, 5) is 0. The van der Waals surface area contributed by atoms with Crippen molar-refractivity contribution in [1.82, 2.24) is 15.1 Å². The average Bonchev–Trinajstić information content (AvgIpc) is 2.72.